The number of aromatic nitrogens is 1. The topological polar surface area (TPSA) is 28.7 Å². The largest absolute Gasteiger partial charge is 0.323 e. The molecule has 0 aliphatic carbocycles. The van der Waals surface area contributed by atoms with E-state index in [-0.39, 0.29) is 0 Å². The van der Waals surface area contributed by atoms with Crippen molar-refractivity contribution < 1.29 is 0 Å². The van der Waals surface area contributed by atoms with E-state index in [0.29, 0.717) is 5.56 Å². The third-order valence-electron chi connectivity index (χ3n) is 4.10. The molecule has 0 aliphatic heterocycles. The van der Waals surface area contributed by atoms with Crippen LogP contribution in [0, 0.1) is 11.3 Å². The lowest BCUT2D eigenvalue weighted by atomic mass is 10.0. The number of benzene rings is 3. The van der Waals surface area contributed by atoms with Crippen molar-refractivity contribution in [2.45, 2.75) is 0 Å². The normalized spacial score (nSPS) is 10.6. The van der Waals surface area contributed by atoms with Crippen LogP contribution >= 0.6 is 0 Å². The van der Waals surface area contributed by atoms with Crippen molar-refractivity contribution in [3.05, 3.63) is 90.8 Å². The van der Waals surface area contributed by atoms with Crippen LogP contribution in [0.4, 0.5) is 0 Å². The van der Waals surface area contributed by atoms with Gasteiger partial charge in [0.25, 0.3) is 0 Å². The van der Waals surface area contributed by atoms with Crippen molar-refractivity contribution in [2.75, 3.05) is 0 Å². The van der Waals surface area contributed by atoms with Gasteiger partial charge in [0.1, 0.15) is 0 Å². The summed E-state index contributed by atoms with van der Waals surface area (Å²) in [4.78, 5) is 0. The van der Waals surface area contributed by atoms with E-state index in [9.17, 15) is 5.26 Å². The first-order valence-corrected chi connectivity index (χ1v) is 7.52. The second-order valence-electron chi connectivity index (χ2n) is 5.46. The van der Waals surface area contributed by atoms with Crippen LogP contribution in [-0.2, 0) is 0 Å². The average molecular weight is 294 g/mol. The second kappa shape index (κ2) is 5.47. The maximum atomic E-state index is 9.29. The molecular formula is C21H14N2. The van der Waals surface area contributed by atoms with Gasteiger partial charge in [-0.15, -0.1) is 0 Å². The van der Waals surface area contributed by atoms with Crippen molar-refractivity contribution >= 4 is 10.8 Å². The van der Waals surface area contributed by atoms with Gasteiger partial charge in [-0.2, -0.15) is 5.26 Å². The van der Waals surface area contributed by atoms with Crippen LogP contribution in [0.5, 0.6) is 0 Å². The van der Waals surface area contributed by atoms with Gasteiger partial charge < -0.3 is 4.57 Å². The van der Waals surface area contributed by atoms with Crippen LogP contribution in [-0.4, -0.2) is 4.57 Å². The minimum absolute atomic E-state index is 0.708. The number of rotatable bonds is 2. The van der Waals surface area contributed by atoms with Crippen LogP contribution in [0.3, 0.4) is 0 Å². The van der Waals surface area contributed by atoms with Gasteiger partial charge in [-0.3, -0.25) is 0 Å². The molecule has 0 bridgehead atoms. The van der Waals surface area contributed by atoms with Gasteiger partial charge in [-0.1, -0.05) is 54.6 Å². The first-order chi connectivity index (χ1) is 11.4. The van der Waals surface area contributed by atoms with Crippen LogP contribution in [0.2, 0.25) is 0 Å². The molecule has 4 aromatic rings. The highest BCUT2D eigenvalue weighted by Gasteiger charge is 2.08. The predicted molar refractivity (Wildman–Crippen MR) is 93.4 cm³/mol. The first kappa shape index (κ1) is 13.4. The molecule has 0 fully saturated rings. The Kier molecular flexibility index (Phi) is 3.18. The Morgan fingerprint density at radius 1 is 0.696 bits per heavy atom. The second-order valence-corrected chi connectivity index (χ2v) is 5.46. The van der Waals surface area contributed by atoms with E-state index in [1.807, 2.05) is 48.5 Å². The minimum atomic E-state index is 0.708. The molecule has 108 valence electrons. The fourth-order valence-electron chi connectivity index (χ4n) is 2.95. The molecule has 1 aromatic heterocycles. The molecule has 0 radical (unpaired) electrons. The molecule has 0 N–H and O–H groups in total. The maximum absolute atomic E-state index is 9.29. The molecule has 23 heavy (non-hydrogen) atoms. The number of nitrogens with zero attached hydrogens (tertiary/aromatic N) is 2. The Bertz CT molecular complexity index is 1020. The summed E-state index contributed by atoms with van der Waals surface area (Å²) in [5.74, 6) is 0. The van der Waals surface area contributed by atoms with Gasteiger partial charge in [0.05, 0.1) is 17.3 Å². The molecule has 0 saturated carbocycles. The molecular weight excluding hydrogens is 280 g/mol. The summed E-state index contributed by atoms with van der Waals surface area (Å²) in [5, 5.41) is 11.4. The van der Waals surface area contributed by atoms with Crippen LogP contribution in [0.15, 0.2) is 85.2 Å². The van der Waals surface area contributed by atoms with E-state index in [1.165, 1.54) is 11.1 Å². The Hall–Kier alpha value is -3.31. The van der Waals surface area contributed by atoms with Crippen molar-refractivity contribution in [1.82, 2.24) is 4.57 Å². The maximum Gasteiger partial charge on any atom is 0.0998 e. The SMILES string of the molecule is N#Cc1ccc(-n2ccc(-c3ccccc3)c2)c2ccccc12. The zero-order valence-corrected chi connectivity index (χ0v) is 12.5. The summed E-state index contributed by atoms with van der Waals surface area (Å²) in [6.45, 7) is 0. The van der Waals surface area contributed by atoms with Crippen LogP contribution < -0.4 is 0 Å². The zero-order valence-electron chi connectivity index (χ0n) is 12.5. The molecule has 1 heterocycles. The molecule has 0 aliphatic rings. The van der Waals surface area contributed by atoms with E-state index in [4.69, 9.17) is 0 Å². The fourth-order valence-corrected chi connectivity index (χ4v) is 2.95. The summed E-state index contributed by atoms with van der Waals surface area (Å²) >= 11 is 0. The van der Waals surface area contributed by atoms with Gasteiger partial charge in [-0.25, -0.2) is 0 Å². The van der Waals surface area contributed by atoms with Gasteiger partial charge >= 0.3 is 0 Å². The number of hydrogen-bond donors (Lipinski definition) is 0. The van der Waals surface area contributed by atoms with Crippen LogP contribution in [0.1, 0.15) is 5.56 Å². The summed E-state index contributed by atoms with van der Waals surface area (Å²) in [5.41, 5.74) is 4.17. The lowest BCUT2D eigenvalue weighted by Gasteiger charge is -2.09. The van der Waals surface area contributed by atoms with E-state index < -0.39 is 0 Å². The van der Waals surface area contributed by atoms with Gasteiger partial charge in [0.2, 0.25) is 0 Å². The summed E-state index contributed by atoms with van der Waals surface area (Å²) in [7, 11) is 0. The van der Waals surface area contributed by atoms with Crippen molar-refractivity contribution in [1.29, 1.82) is 5.26 Å². The van der Waals surface area contributed by atoms with Crippen molar-refractivity contribution in [2.24, 2.45) is 0 Å². The van der Waals surface area contributed by atoms with E-state index in [1.54, 1.807) is 0 Å². The third-order valence-corrected chi connectivity index (χ3v) is 4.10. The Labute approximate surface area is 134 Å². The summed E-state index contributed by atoms with van der Waals surface area (Å²) in [6, 6.07) is 26.7. The summed E-state index contributed by atoms with van der Waals surface area (Å²) < 4.78 is 2.12. The first-order valence-electron chi connectivity index (χ1n) is 7.52. The highest BCUT2D eigenvalue weighted by atomic mass is 14.9. The van der Waals surface area contributed by atoms with Gasteiger partial charge in [-0.05, 0) is 29.3 Å². The molecule has 2 heteroatoms. The Morgan fingerprint density at radius 2 is 1.43 bits per heavy atom. The van der Waals surface area contributed by atoms with Crippen LogP contribution in [0.25, 0.3) is 27.6 Å². The Balaban J connectivity index is 1.88. The fraction of sp³-hybridized carbons (Fsp3) is 0. The molecule has 4 rings (SSSR count). The molecule has 0 atom stereocenters. The standard InChI is InChI=1S/C21H14N2/c22-14-17-10-11-21(20-9-5-4-8-19(17)20)23-13-12-18(15-23)16-6-2-1-3-7-16/h1-13,15H. The molecule has 0 amide bonds. The molecule has 3 aromatic carbocycles. The monoisotopic (exact) mass is 294 g/mol. The number of hydrogen-bond acceptors (Lipinski definition) is 1. The lowest BCUT2D eigenvalue weighted by Crippen LogP contribution is -1.93. The molecule has 0 saturated heterocycles. The van der Waals surface area contributed by atoms with E-state index in [0.717, 1.165) is 16.5 Å². The molecule has 2 nitrogen and oxygen atoms in total. The number of fused-ring (bicyclic) bond motifs is 1. The highest BCUT2D eigenvalue weighted by molar-refractivity contribution is 5.94. The van der Waals surface area contributed by atoms with Gasteiger partial charge in [0.15, 0.2) is 0 Å². The number of nitriles is 1. The molecule has 0 spiro atoms. The van der Waals surface area contributed by atoms with E-state index in [2.05, 4.69) is 47.3 Å². The smallest absolute Gasteiger partial charge is 0.0998 e. The van der Waals surface area contributed by atoms with Gasteiger partial charge in [0, 0.05) is 23.2 Å². The molecule has 0 unspecified atom stereocenters. The quantitative estimate of drug-likeness (QED) is 0.501. The minimum Gasteiger partial charge on any atom is -0.323 e. The third kappa shape index (κ3) is 2.29. The summed E-state index contributed by atoms with van der Waals surface area (Å²) in [6.07, 6.45) is 4.19. The predicted octanol–water partition coefficient (Wildman–Crippen LogP) is 5.17. The average Bonchev–Trinajstić information content (AvgIpc) is 3.11. The zero-order chi connectivity index (χ0) is 15.6. The van der Waals surface area contributed by atoms with Crippen molar-refractivity contribution in [3.63, 3.8) is 0 Å². The Morgan fingerprint density at radius 3 is 2.22 bits per heavy atom. The van der Waals surface area contributed by atoms with Crippen molar-refractivity contribution in [3.8, 4) is 22.9 Å². The lowest BCUT2D eigenvalue weighted by molar-refractivity contribution is 1.09. The van der Waals surface area contributed by atoms with E-state index >= 15 is 0 Å². The highest BCUT2D eigenvalue weighted by Crippen LogP contribution is 2.28.